The predicted octanol–water partition coefficient (Wildman–Crippen LogP) is 4.08. The second-order valence-electron chi connectivity index (χ2n) is 10.4. The molecule has 0 bridgehead atoms. The molecule has 2 aromatic carbocycles. The molecule has 0 spiro atoms. The molecule has 0 amide bonds. The molecule has 38 heavy (non-hydrogen) atoms. The summed E-state index contributed by atoms with van der Waals surface area (Å²) in [5, 5.41) is 5.77. The van der Waals surface area contributed by atoms with Crippen LogP contribution in [0.2, 0.25) is 0 Å². The Kier molecular flexibility index (Phi) is 6.81. The first-order valence-electron chi connectivity index (χ1n) is 13.3. The molecule has 2 fully saturated rings. The van der Waals surface area contributed by atoms with Crippen LogP contribution in [0, 0.1) is 0 Å². The lowest BCUT2D eigenvalue weighted by molar-refractivity contribution is 0.00791. The summed E-state index contributed by atoms with van der Waals surface area (Å²) in [6.07, 6.45) is 6.21. The van der Waals surface area contributed by atoms with E-state index in [4.69, 9.17) is 4.74 Å². The summed E-state index contributed by atoms with van der Waals surface area (Å²) in [4.78, 5) is 15.5. The molecule has 9 nitrogen and oxygen atoms in total. The number of rotatable bonds is 6. The van der Waals surface area contributed by atoms with Gasteiger partial charge in [0.1, 0.15) is 17.8 Å². The zero-order valence-electron chi connectivity index (χ0n) is 21.9. The lowest BCUT2D eigenvalue weighted by Gasteiger charge is -2.39. The van der Waals surface area contributed by atoms with E-state index in [9.17, 15) is 8.42 Å². The highest BCUT2D eigenvalue weighted by atomic mass is 32.2. The van der Waals surface area contributed by atoms with E-state index in [0.29, 0.717) is 12.1 Å². The maximum absolute atomic E-state index is 12.5. The Labute approximate surface area is 223 Å². The normalized spacial score (nSPS) is 21.3. The van der Waals surface area contributed by atoms with Gasteiger partial charge in [0.25, 0.3) is 0 Å². The van der Waals surface area contributed by atoms with E-state index >= 15 is 0 Å². The van der Waals surface area contributed by atoms with Gasteiger partial charge in [-0.15, -0.1) is 0 Å². The molecular formula is C28H34N6O3S. The smallest absolute Gasteiger partial charge is 0.242 e. The Hall–Kier alpha value is -3.05. The van der Waals surface area contributed by atoms with Crippen LogP contribution < -0.4 is 5.32 Å². The lowest BCUT2D eigenvalue weighted by atomic mass is 9.90. The van der Waals surface area contributed by atoms with Gasteiger partial charge >= 0.3 is 0 Å². The number of hydrogen-bond donors (Lipinski definition) is 2. The molecule has 0 unspecified atom stereocenters. The molecule has 6 rings (SSSR count). The van der Waals surface area contributed by atoms with Crippen LogP contribution in [-0.2, 0) is 14.8 Å². The van der Waals surface area contributed by atoms with E-state index in [1.807, 2.05) is 24.3 Å². The minimum atomic E-state index is -3.46. The third kappa shape index (κ3) is 4.77. The number of nitrogens with one attached hydrogen (secondary N) is 2. The second kappa shape index (κ2) is 10.3. The van der Waals surface area contributed by atoms with Crippen molar-refractivity contribution in [2.24, 2.45) is 0 Å². The minimum absolute atomic E-state index is 0.280. The number of morpholine rings is 1. The van der Waals surface area contributed by atoms with Crippen molar-refractivity contribution in [2.75, 3.05) is 45.7 Å². The maximum atomic E-state index is 12.5. The fourth-order valence-corrected chi connectivity index (χ4v) is 6.67. The molecule has 0 radical (unpaired) electrons. The maximum Gasteiger partial charge on any atom is 0.242 e. The Morgan fingerprint density at radius 1 is 0.974 bits per heavy atom. The van der Waals surface area contributed by atoms with Crippen molar-refractivity contribution >= 4 is 37.8 Å². The van der Waals surface area contributed by atoms with E-state index < -0.39 is 10.0 Å². The molecular weight excluding hydrogens is 500 g/mol. The van der Waals surface area contributed by atoms with Gasteiger partial charge in [-0.2, -0.15) is 0 Å². The van der Waals surface area contributed by atoms with E-state index in [0.717, 1.165) is 78.0 Å². The molecule has 2 N–H and O–H groups in total. The van der Waals surface area contributed by atoms with Crippen molar-refractivity contribution in [3.05, 3.63) is 48.8 Å². The van der Waals surface area contributed by atoms with Crippen molar-refractivity contribution in [1.29, 1.82) is 0 Å². The van der Waals surface area contributed by atoms with Gasteiger partial charge in [-0.05, 0) is 61.1 Å². The van der Waals surface area contributed by atoms with E-state index in [2.05, 4.69) is 31.2 Å². The number of nitrogens with zero attached hydrogens (tertiary/aromatic N) is 4. The molecule has 1 aliphatic heterocycles. The van der Waals surface area contributed by atoms with E-state index in [1.165, 1.54) is 31.2 Å². The topological polar surface area (TPSA) is 103 Å². The van der Waals surface area contributed by atoms with Crippen LogP contribution in [0.25, 0.3) is 33.1 Å². The van der Waals surface area contributed by atoms with Crippen molar-refractivity contribution < 1.29 is 13.2 Å². The first kappa shape index (κ1) is 25.2. The number of sulfonamides is 1. The number of aromatic amines is 1. The molecule has 1 saturated carbocycles. The molecule has 4 aromatic rings. The van der Waals surface area contributed by atoms with E-state index in [1.54, 1.807) is 18.5 Å². The van der Waals surface area contributed by atoms with Crippen LogP contribution in [0.3, 0.4) is 0 Å². The van der Waals surface area contributed by atoms with Crippen LogP contribution in [0.1, 0.15) is 25.7 Å². The van der Waals surface area contributed by atoms with Crippen molar-refractivity contribution in [1.82, 2.24) is 24.2 Å². The number of aromatic nitrogens is 3. The summed E-state index contributed by atoms with van der Waals surface area (Å²) in [5.74, 6) is 0.862. The van der Waals surface area contributed by atoms with Crippen molar-refractivity contribution in [3.8, 4) is 11.1 Å². The van der Waals surface area contributed by atoms with Gasteiger partial charge in [-0.3, -0.25) is 4.90 Å². The highest BCUT2D eigenvalue weighted by Gasteiger charge is 2.27. The molecule has 0 atom stereocenters. The molecule has 1 aliphatic carbocycles. The summed E-state index contributed by atoms with van der Waals surface area (Å²) in [6.45, 7) is 3.78. The largest absolute Gasteiger partial charge is 0.379 e. The third-order valence-corrected chi connectivity index (χ3v) is 9.78. The average Bonchev–Trinajstić information content (AvgIpc) is 3.33. The summed E-state index contributed by atoms with van der Waals surface area (Å²) in [5.41, 5.74) is 3.76. The zero-order valence-corrected chi connectivity index (χ0v) is 22.7. The molecule has 2 aliphatic rings. The summed E-state index contributed by atoms with van der Waals surface area (Å²) in [6, 6.07) is 14.3. The summed E-state index contributed by atoms with van der Waals surface area (Å²) in [7, 11) is -0.386. The van der Waals surface area contributed by atoms with E-state index in [-0.39, 0.29) is 4.90 Å². The summed E-state index contributed by atoms with van der Waals surface area (Å²) >= 11 is 0. The highest BCUT2D eigenvalue weighted by molar-refractivity contribution is 7.89. The quantitative estimate of drug-likeness (QED) is 0.384. The number of anilines is 1. The number of benzene rings is 2. The van der Waals surface area contributed by atoms with Crippen LogP contribution in [0.15, 0.2) is 53.7 Å². The van der Waals surface area contributed by atoms with Crippen LogP contribution in [0.5, 0.6) is 0 Å². The monoisotopic (exact) mass is 534 g/mol. The minimum Gasteiger partial charge on any atom is -0.379 e. The zero-order chi connectivity index (χ0) is 26.3. The molecule has 2 aromatic heterocycles. The van der Waals surface area contributed by atoms with Gasteiger partial charge in [0.2, 0.25) is 10.0 Å². The first-order chi connectivity index (χ1) is 18.4. The Balaban J connectivity index is 1.26. The Morgan fingerprint density at radius 3 is 2.39 bits per heavy atom. The van der Waals surface area contributed by atoms with Crippen LogP contribution in [-0.4, -0.2) is 85.1 Å². The fourth-order valence-electron chi connectivity index (χ4n) is 5.76. The van der Waals surface area contributed by atoms with Gasteiger partial charge in [0.05, 0.1) is 23.5 Å². The fraction of sp³-hybridized carbons (Fsp3) is 0.429. The van der Waals surface area contributed by atoms with Gasteiger partial charge in [0, 0.05) is 50.2 Å². The number of ether oxygens (including phenoxy) is 1. The lowest BCUT2D eigenvalue weighted by Crippen LogP contribution is -2.46. The van der Waals surface area contributed by atoms with Gasteiger partial charge in [-0.1, -0.05) is 18.2 Å². The first-order valence-corrected chi connectivity index (χ1v) is 14.7. The van der Waals surface area contributed by atoms with Crippen LogP contribution >= 0.6 is 0 Å². The van der Waals surface area contributed by atoms with Gasteiger partial charge in [0.15, 0.2) is 0 Å². The molecule has 200 valence electrons. The van der Waals surface area contributed by atoms with Gasteiger partial charge in [-0.25, -0.2) is 22.7 Å². The average molecular weight is 535 g/mol. The number of hydrogen-bond acceptors (Lipinski definition) is 7. The van der Waals surface area contributed by atoms with Gasteiger partial charge < -0.3 is 15.0 Å². The second-order valence-corrected chi connectivity index (χ2v) is 12.6. The van der Waals surface area contributed by atoms with Crippen molar-refractivity contribution in [3.63, 3.8) is 0 Å². The number of H-pyrrole nitrogens is 1. The summed E-state index contributed by atoms with van der Waals surface area (Å²) < 4.78 is 31.7. The molecule has 10 heteroatoms. The standard InChI is InChI=1S/C28H34N6O3S/c1-33(2)38(35,36)23-10-3-19(4-11-23)20-5-12-25-24(17-20)26-27(29-18-30-28(26)32-25)31-21-6-8-22(9-7-21)34-13-15-37-16-14-34/h3-5,10-12,17-18,21-22H,6-9,13-16H2,1-2H3,(H2,29,30,31,32)/t21-,22-. The highest BCUT2D eigenvalue weighted by Crippen LogP contribution is 2.34. The predicted molar refractivity (Wildman–Crippen MR) is 150 cm³/mol. The van der Waals surface area contributed by atoms with Crippen molar-refractivity contribution in [2.45, 2.75) is 42.7 Å². The molecule has 3 heterocycles. The Morgan fingerprint density at radius 2 is 1.68 bits per heavy atom. The molecule has 1 saturated heterocycles. The Bertz CT molecular complexity index is 1540. The third-order valence-electron chi connectivity index (χ3n) is 7.96. The van der Waals surface area contributed by atoms with Crippen LogP contribution in [0.4, 0.5) is 5.82 Å². The SMILES string of the molecule is CN(C)S(=O)(=O)c1ccc(-c2ccc3[nH]c4ncnc(N[C@H]5CC[C@H](N6CCOCC6)CC5)c4c3c2)cc1. The number of fused-ring (bicyclic) bond motifs is 3.